The Morgan fingerprint density at radius 2 is 2.05 bits per heavy atom. The van der Waals surface area contributed by atoms with Gasteiger partial charge >= 0.3 is 5.97 Å². The van der Waals surface area contributed by atoms with Crippen LogP contribution >= 0.6 is 15.9 Å². The summed E-state index contributed by atoms with van der Waals surface area (Å²) in [5, 5.41) is 9.17. The molecule has 0 radical (unpaired) electrons. The molecule has 19 heavy (non-hydrogen) atoms. The lowest BCUT2D eigenvalue weighted by molar-refractivity contribution is 0.0694. The molecule has 2 aromatic rings. The van der Waals surface area contributed by atoms with Crippen molar-refractivity contribution in [3.05, 3.63) is 51.6 Å². The summed E-state index contributed by atoms with van der Waals surface area (Å²) >= 11 is 3.32. The Balaban J connectivity index is 2.40. The van der Waals surface area contributed by atoms with Gasteiger partial charge in [-0.05, 0) is 48.0 Å². The van der Waals surface area contributed by atoms with Gasteiger partial charge in [0.05, 0.1) is 0 Å². The standard InChI is InChI=1S/C14H12BrNO3/c1-8-3-4-12(11(5-8)14(17)18)19-13-9(2)6-10(15)7-16-13/h3-7H,1-2H3,(H,17,18). The fourth-order valence-corrected chi connectivity index (χ4v) is 2.08. The zero-order valence-corrected chi connectivity index (χ0v) is 12.1. The molecule has 0 aliphatic carbocycles. The largest absolute Gasteiger partial charge is 0.478 e. The maximum atomic E-state index is 11.2. The number of aromatic nitrogens is 1. The summed E-state index contributed by atoms with van der Waals surface area (Å²) in [5.74, 6) is -0.334. The highest BCUT2D eigenvalue weighted by Gasteiger charge is 2.13. The van der Waals surface area contributed by atoms with Crippen LogP contribution in [0.5, 0.6) is 11.6 Å². The van der Waals surface area contributed by atoms with Gasteiger partial charge in [0.1, 0.15) is 11.3 Å². The SMILES string of the molecule is Cc1ccc(Oc2ncc(Br)cc2C)c(C(=O)O)c1. The summed E-state index contributed by atoms with van der Waals surface area (Å²) in [6, 6.07) is 6.88. The summed E-state index contributed by atoms with van der Waals surface area (Å²) < 4.78 is 6.45. The number of nitrogens with zero attached hydrogens (tertiary/aromatic N) is 1. The second-order valence-electron chi connectivity index (χ2n) is 4.18. The number of hydrogen-bond donors (Lipinski definition) is 1. The molecule has 0 amide bonds. The van der Waals surface area contributed by atoms with Crippen molar-refractivity contribution in [3.8, 4) is 11.6 Å². The lowest BCUT2D eigenvalue weighted by Gasteiger charge is -2.10. The van der Waals surface area contributed by atoms with Crippen molar-refractivity contribution in [1.29, 1.82) is 0 Å². The van der Waals surface area contributed by atoms with Crippen molar-refractivity contribution < 1.29 is 14.6 Å². The molecule has 0 fully saturated rings. The van der Waals surface area contributed by atoms with E-state index >= 15 is 0 Å². The first-order chi connectivity index (χ1) is 8.97. The van der Waals surface area contributed by atoms with Crippen LogP contribution in [0.4, 0.5) is 0 Å². The third-order valence-corrected chi connectivity index (χ3v) is 3.00. The number of carboxylic acids is 1. The minimum Gasteiger partial charge on any atom is -0.478 e. The fraction of sp³-hybridized carbons (Fsp3) is 0.143. The van der Waals surface area contributed by atoms with E-state index in [9.17, 15) is 9.90 Å². The molecular weight excluding hydrogens is 310 g/mol. The monoisotopic (exact) mass is 321 g/mol. The number of benzene rings is 1. The first kappa shape index (κ1) is 13.5. The summed E-state index contributed by atoms with van der Waals surface area (Å²) in [4.78, 5) is 15.3. The average Bonchev–Trinajstić information content (AvgIpc) is 2.34. The summed E-state index contributed by atoms with van der Waals surface area (Å²) in [5.41, 5.74) is 1.82. The number of carboxylic acid groups (broad SMARTS) is 1. The number of aryl methyl sites for hydroxylation is 2. The minimum atomic E-state index is -1.02. The lowest BCUT2D eigenvalue weighted by Crippen LogP contribution is -2.01. The Hall–Kier alpha value is -1.88. The van der Waals surface area contributed by atoms with E-state index in [1.165, 1.54) is 0 Å². The molecule has 0 unspecified atom stereocenters. The molecule has 5 heteroatoms. The Kier molecular flexibility index (Phi) is 3.85. The van der Waals surface area contributed by atoms with E-state index in [1.54, 1.807) is 24.4 Å². The first-order valence-electron chi connectivity index (χ1n) is 5.61. The summed E-state index contributed by atoms with van der Waals surface area (Å²) in [6.07, 6.45) is 1.61. The molecule has 1 heterocycles. The van der Waals surface area contributed by atoms with Gasteiger partial charge in [0.15, 0.2) is 0 Å². The predicted molar refractivity (Wildman–Crippen MR) is 74.9 cm³/mol. The van der Waals surface area contributed by atoms with Crippen LogP contribution in [0.25, 0.3) is 0 Å². The van der Waals surface area contributed by atoms with Gasteiger partial charge in [-0.25, -0.2) is 9.78 Å². The first-order valence-corrected chi connectivity index (χ1v) is 6.40. The van der Waals surface area contributed by atoms with Crippen LogP contribution in [0.15, 0.2) is 34.9 Å². The average molecular weight is 322 g/mol. The van der Waals surface area contributed by atoms with Gasteiger partial charge in [-0.2, -0.15) is 0 Å². The van der Waals surface area contributed by atoms with Crippen LogP contribution in [0.1, 0.15) is 21.5 Å². The quantitative estimate of drug-likeness (QED) is 0.929. The third-order valence-electron chi connectivity index (χ3n) is 2.57. The zero-order valence-electron chi connectivity index (χ0n) is 10.5. The van der Waals surface area contributed by atoms with E-state index in [0.29, 0.717) is 5.88 Å². The van der Waals surface area contributed by atoms with Gasteiger partial charge < -0.3 is 9.84 Å². The van der Waals surface area contributed by atoms with Gasteiger partial charge in [0.2, 0.25) is 5.88 Å². The molecule has 1 aromatic heterocycles. The van der Waals surface area contributed by atoms with Crippen LogP contribution in [-0.2, 0) is 0 Å². The molecule has 1 N–H and O–H groups in total. The Bertz CT molecular complexity index is 641. The fourth-order valence-electron chi connectivity index (χ4n) is 1.64. The lowest BCUT2D eigenvalue weighted by atomic mass is 10.1. The van der Waals surface area contributed by atoms with E-state index in [2.05, 4.69) is 20.9 Å². The van der Waals surface area contributed by atoms with Crippen molar-refractivity contribution in [1.82, 2.24) is 4.98 Å². The number of hydrogen-bond acceptors (Lipinski definition) is 3. The van der Waals surface area contributed by atoms with Gasteiger partial charge in [-0.15, -0.1) is 0 Å². The molecule has 0 spiro atoms. The molecular formula is C14H12BrNO3. The van der Waals surface area contributed by atoms with Crippen LogP contribution < -0.4 is 4.74 Å². The number of halogens is 1. The van der Waals surface area contributed by atoms with Crippen molar-refractivity contribution in [2.24, 2.45) is 0 Å². The maximum Gasteiger partial charge on any atom is 0.339 e. The molecule has 0 saturated carbocycles. The number of aromatic carboxylic acids is 1. The van der Waals surface area contributed by atoms with E-state index in [0.717, 1.165) is 15.6 Å². The van der Waals surface area contributed by atoms with E-state index < -0.39 is 5.97 Å². The summed E-state index contributed by atoms with van der Waals surface area (Å²) in [7, 11) is 0. The molecule has 0 aliphatic rings. The molecule has 4 nitrogen and oxygen atoms in total. The summed E-state index contributed by atoms with van der Waals surface area (Å²) in [6.45, 7) is 3.68. The van der Waals surface area contributed by atoms with Crippen LogP contribution in [-0.4, -0.2) is 16.1 Å². The minimum absolute atomic E-state index is 0.129. The molecule has 98 valence electrons. The second kappa shape index (κ2) is 5.40. The third kappa shape index (κ3) is 3.12. The number of rotatable bonds is 3. The van der Waals surface area contributed by atoms with Crippen LogP contribution in [0.3, 0.4) is 0 Å². The maximum absolute atomic E-state index is 11.2. The zero-order chi connectivity index (χ0) is 14.0. The predicted octanol–water partition coefficient (Wildman–Crippen LogP) is 3.95. The van der Waals surface area contributed by atoms with Gasteiger partial charge in [-0.1, -0.05) is 11.6 Å². The molecule has 0 aliphatic heterocycles. The van der Waals surface area contributed by atoms with Crippen molar-refractivity contribution >= 4 is 21.9 Å². The molecule has 0 saturated heterocycles. The Morgan fingerprint density at radius 3 is 2.68 bits per heavy atom. The highest BCUT2D eigenvalue weighted by molar-refractivity contribution is 9.10. The smallest absolute Gasteiger partial charge is 0.339 e. The van der Waals surface area contributed by atoms with E-state index in [1.807, 2.05) is 19.9 Å². The molecule has 1 aromatic carbocycles. The molecule has 0 atom stereocenters. The van der Waals surface area contributed by atoms with Gasteiger partial charge in [0.25, 0.3) is 0 Å². The normalized spacial score (nSPS) is 10.3. The second-order valence-corrected chi connectivity index (χ2v) is 5.10. The highest BCUT2D eigenvalue weighted by atomic mass is 79.9. The van der Waals surface area contributed by atoms with Gasteiger partial charge in [0, 0.05) is 16.2 Å². The molecule has 2 rings (SSSR count). The Morgan fingerprint density at radius 1 is 1.32 bits per heavy atom. The van der Waals surface area contributed by atoms with E-state index in [4.69, 9.17) is 4.74 Å². The van der Waals surface area contributed by atoms with Crippen molar-refractivity contribution in [3.63, 3.8) is 0 Å². The van der Waals surface area contributed by atoms with Crippen LogP contribution in [0.2, 0.25) is 0 Å². The highest BCUT2D eigenvalue weighted by Crippen LogP contribution is 2.28. The van der Waals surface area contributed by atoms with Crippen molar-refractivity contribution in [2.75, 3.05) is 0 Å². The number of pyridine rings is 1. The number of carbonyl (C=O) groups is 1. The Labute approximate surface area is 119 Å². The van der Waals surface area contributed by atoms with Gasteiger partial charge in [-0.3, -0.25) is 0 Å². The number of ether oxygens (including phenoxy) is 1. The van der Waals surface area contributed by atoms with Crippen LogP contribution in [0, 0.1) is 13.8 Å². The molecule has 0 bridgehead atoms. The van der Waals surface area contributed by atoms with E-state index in [-0.39, 0.29) is 11.3 Å². The topological polar surface area (TPSA) is 59.4 Å². The van der Waals surface area contributed by atoms with Crippen molar-refractivity contribution in [2.45, 2.75) is 13.8 Å².